The molecular formula is C22H19N5O2. The molecule has 0 aliphatic rings. The van der Waals surface area contributed by atoms with Gasteiger partial charge < -0.3 is 9.88 Å². The van der Waals surface area contributed by atoms with Gasteiger partial charge in [-0.15, -0.1) is 0 Å². The fourth-order valence-corrected chi connectivity index (χ4v) is 3.09. The third-order valence-corrected chi connectivity index (χ3v) is 4.61. The van der Waals surface area contributed by atoms with Crippen molar-refractivity contribution < 1.29 is 4.79 Å². The van der Waals surface area contributed by atoms with E-state index >= 15 is 0 Å². The molecule has 4 aromatic heterocycles. The van der Waals surface area contributed by atoms with Crippen molar-refractivity contribution in [3.05, 3.63) is 100 Å². The molecule has 1 N–H and O–H groups in total. The maximum atomic E-state index is 13.0. The van der Waals surface area contributed by atoms with E-state index in [9.17, 15) is 9.59 Å². The number of pyridine rings is 4. The standard InChI is InChI=1S/C22H19N5O2/c1-15-18(21(28)25-13-16-6-2-4-9-23-16)12-19-20(26-15)8-11-27(22(19)29)14-17-7-3-5-10-24-17/h2-12H,13-14H2,1H3,(H,25,28). The Kier molecular flexibility index (Phi) is 5.11. The minimum Gasteiger partial charge on any atom is -0.346 e. The maximum absolute atomic E-state index is 13.0. The molecule has 0 spiro atoms. The van der Waals surface area contributed by atoms with Crippen LogP contribution in [-0.4, -0.2) is 25.4 Å². The van der Waals surface area contributed by atoms with Crippen molar-refractivity contribution in [2.75, 3.05) is 0 Å². The molecule has 0 bridgehead atoms. The Hall–Kier alpha value is -3.87. The van der Waals surface area contributed by atoms with Gasteiger partial charge in [0.1, 0.15) is 0 Å². The molecule has 0 saturated heterocycles. The monoisotopic (exact) mass is 385 g/mol. The van der Waals surface area contributed by atoms with Crippen LogP contribution in [0, 0.1) is 6.92 Å². The lowest BCUT2D eigenvalue weighted by Gasteiger charge is -2.10. The Labute approximate surface area is 167 Å². The van der Waals surface area contributed by atoms with Crippen molar-refractivity contribution >= 4 is 16.8 Å². The maximum Gasteiger partial charge on any atom is 0.260 e. The Balaban J connectivity index is 1.64. The van der Waals surface area contributed by atoms with Crippen LogP contribution in [0.5, 0.6) is 0 Å². The predicted octanol–water partition coefficient (Wildman–Crippen LogP) is 2.47. The van der Waals surface area contributed by atoms with Gasteiger partial charge in [-0.3, -0.25) is 24.5 Å². The summed E-state index contributed by atoms with van der Waals surface area (Å²) < 4.78 is 1.57. The van der Waals surface area contributed by atoms with Crippen molar-refractivity contribution in [1.82, 2.24) is 24.8 Å². The van der Waals surface area contributed by atoms with Gasteiger partial charge in [0, 0.05) is 18.6 Å². The molecule has 0 aliphatic heterocycles. The molecule has 4 rings (SSSR count). The summed E-state index contributed by atoms with van der Waals surface area (Å²) in [4.78, 5) is 38.5. The van der Waals surface area contributed by atoms with E-state index in [-0.39, 0.29) is 11.5 Å². The molecule has 1 amide bonds. The largest absolute Gasteiger partial charge is 0.346 e. The summed E-state index contributed by atoms with van der Waals surface area (Å²) in [6.07, 6.45) is 5.07. The summed E-state index contributed by atoms with van der Waals surface area (Å²) in [5, 5.41) is 3.23. The van der Waals surface area contributed by atoms with E-state index in [2.05, 4.69) is 20.3 Å². The number of carbonyl (C=O) groups is 1. The number of aromatic nitrogens is 4. The Morgan fingerprint density at radius 1 is 1.03 bits per heavy atom. The molecular weight excluding hydrogens is 366 g/mol. The summed E-state index contributed by atoms with van der Waals surface area (Å²) in [7, 11) is 0. The highest BCUT2D eigenvalue weighted by atomic mass is 16.1. The summed E-state index contributed by atoms with van der Waals surface area (Å²) >= 11 is 0. The topological polar surface area (TPSA) is 89.8 Å². The second-order valence-corrected chi connectivity index (χ2v) is 6.63. The highest BCUT2D eigenvalue weighted by Gasteiger charge is 2.14. The van der Waals surface area contributed by atoms with E-state index in [1.165, 1.54) is 0 Å². The lowest BCUT2D eigenvalue weighted by Crippen LogP contribution is -2.26. The first-order chi connectivity index (χ1) is 14.1. The normalized spacial score (nSPS) is 10.8. The number of fused-ring (bicyclic) bond motifs is 1. The van der Waals surface area contributed by atoms with Gasteiger partial charge in [0.2, 0.25) is 0 Å². The fraction of sp³-hybridized carbons (Fsp3) is 0.136. The molecule has 0 radical (unpaired) electrons. The van der Waals surface area contributed by atoms with E-state index in [0.717, 1.165) is 11.4 Å². The van der Waals surface area contributed by atoms with Gasteiger partial charge in [0.05, 0.1) is 46.6 Å². The van der Waals surface area contributed by atoms with Crippen molar-refractivity contribution in [1.29, 1.82) is 0 Å². The van der Waals surface area contributed by atoms with Crippen LogP contribution in [0.3, 0.4) is 0 Å². The second-order valence-electron chi connectivity index (χ2n) is 6.63. The van der Waals surface area contributed by atoms with Gasteiger partial charge >= 0.3 is 0 Å². The molecule has 0 unspecified atom stereocenters. The van der Waals surface area contributed by atoms with Crippen LogP contribution in [0.15, 0.2) is 71.9 Å². The third kappa shape index (κ3) is 4.03. The number of amides is 1. The lowest BCUT2D eigenvalue weighted by atomic mass is 10.1. The number of nitrogens with one attached hydrogen (secondary N) is 1. The molecule has 0 atom stereocenters. The Morgan fingerprint density at radius 3 is 2.45 bits per heavy atom. The highest BCUT2D eigenvalue weighted by Crippen LogP contribution is 2.14. The van der Waals surface area contributed by atoms with E-state index in [4.69, 9.17) is 0 Å². The van der Waals surface area contributed by atoms with Crippen molar-refractivity contribution in [3.8, 4) is 0 Å². The summed E-state index contributed by atoms with van der Waals surface area (Å²) in [5.41, 5.74) is 2.83. The number of rotatable bonds is 5. The molecule has 29 heavy (non-hydrogen) atoms. The van der Waals surface area contributed by atoms with Crippen LogP contribution in [0.4, 0.5) is 0 Å². The third-order valence-electron chi connectivity index (χ3n) is 4.61. The van der Waals surface area contributed by atoms with Gasteiger partial charge in [0.15, 0.2) is 0 Å². The van der Waals surface area contributed by atoms with E-state index in [0.29, 0.717) is 35.2 Å². The SMILES string of the molecule is Cc1nc2ccn(Cc3ccccn3)c(=O)c2cc1C(=O)NCc1ccccn1. The zero-order chi connectivity index (χ0) is 20.2. The zero-order valence-corrected chi connectivity index (χ0v) is 15.9. The van der Waals surface area contributed by atoms with E-state index in [1.54, 1.807) is 42.2 Å². The van der Waals surface area contributed by atoms with Gasteiger partial charge in [-0.1, -0.05) is 12.1 Å². The van der Waals surface area contributed by atoms with Crippen LogP contribution in [0.2, 0.25) is 0 Å². The van der Waals surface area contributed by atoms with Crippen molar-refractivity contribution in [3.63, 3.8) is 0 Å². The van der Waals surface area contributed by atoms with E-state index in [1.807, 2.05) is 36.4 Å². The van der Waals surface area contributed by atoms with Crippen molar-refractivity contribution in [2.45, 2.75) is 20.0 Å². The molecule has 7 nitrogen and oxygen atoms in total. The van der Waals surface area contributed by atoms with E-state index < -0.39 is 0 Å². The molecule has 144 valence electrons. The average Bonchev–Trinajstić information content (AvgIpc) is 2.75. The second kappa shape index (κ2) is 8.02. The Morgan fingerprint density at radius 2 is 1.76 bits per heavy atom. The first-order valence-electron chi connectivity index (χ1n) is 9.20. The van der Waals surface area contributed by atoms with Gasteiger partial charge in [-0.2, -0.15) is 0 Å². The zero-order valence-electron chi connectivity index (χ0n) is 15.9. The molecule has 4 aromatic rings. The molecule has 4 heterocycles. The van der Waals surface area contributed by atoms with Crippen LogP contribution in [-0.2, 0) is 13.1 Å². The van der Waals surface area contributed by atoms with Crippen LogP contribution in [0.1, 0.15) is 27.4 Å². The van der Waals surface area contributed by atoms with Crippen LogP contribution >= 0.6 is 0 Å². The number of hydrogen-bond donors (Lipinski definition) is 1. The number of hydrogen-bond acceptors (Lipinski definition) is 5. The molecule has 0 fully saturated rings. The minimum atomic E-state index is -0.290. The number of aryl methyl sites for hydroxylation is 1. The number of carbonyl (C=O) groups excluding carboxylic acids is 1. The first-order valence-corrected chi connectivity index (χ1v) is 9.20. The van der Waals surface area contributed by atoms with Crippen LogP contribution < -0.4 is 10.9 Å². The fourth-order valence-electron chi connectivity index (χ4n) is 3.09. The van der Waals surface area contributed by atoms with Crippen LogP contribution in [0.25, 0.3) is 10.9 Å². The smallest absolute Gasteiger partial charge is 0.260 e. The lowest BCUT2D eigenvalue weighted by molar-refractivity contribution is 0.0949. The first kappa shape index (κ1) is 18.5. The molecule has 0 aromatic carbocycles. The predicted molar refractivity (Wildman–Crippen MR) is 109 cm³/mol. The van der Waals surface area contributed by atoms with Crippen molar-refractivity contribution in [2.24, 2.45) is 0 Å². The summed E-state index contributed by atoms with van der Waals surface area (Å²) in [5.74, 6) is -0.290. The summed E-state index contributed by atoms with van der Waals surface area (Å²) in [6.45, 7) is 2.41. The minimum absolute atomic E-state index is 0.209. The average molecular weight is 385 g/mol. The Bertz CT molecular complexity index is 1220. The number of nitrogens with zero attached hydrogens (tertiary/aromatic N) is 4. The molecule has 7 heteroatoms. The highest BCUT2D eigenvalue weighted by molar-refractivity contribution is 5.98. The van der Waals surface area contributed by atoms with Gasteiger partial charge in [-0.25, -0.2) is 0 Å². The summed E-state index contributed by atoms with van der Waals surface area (Å²) in [6, 6.07) is 14.5. The molecule has 0 aliphatic carbocycles. The van der Waals surface area contributed by atoms with Gasteiger partial charge in [0.25, 0.3) is 11.5 Å². The quantitative estimate of drug-likeness (QED) is 0.570. The molecule has 0 saturated carbocycles. The van der Waals surface area contributed by atoms with Gasteiger partial charge in [-0.05, 0) is 43.3 Å².